The maximum absolute atomic E-state index is 13.0. The molecule has 1 amide bonds. The second-order valence-corrected chi connectivity index (χ2v) is 6.97. The number of amides is 1. The lowest BCUT2D eigenvalue weighted by Crippen LogP contribution is -2.31. The van der Waals surface area contributed by atoms with Gasteiger partial charge in [0.15, 0.2) is 0 Å². The third kappa shape index (κ3) is 2.85. The largest absolute Gasteiger partial charge is 0.361 e. The number of nitrogens with zero attached hydrogens (tertiary/aromatic N) is 1. The molecule has 25 heavy (non-hydrogen) atoms. The molecule has 1 atom stereocenters. The van der Waals surface area contributed by atoms with Gasteiger partial charge in [-0.15, -0.1) is 11.3 Å². The number of nitrogens with one attached hydrogen (secondary N) is 1. The van der Waals surface area contributed by atoms with Crippen LogP contribution in [-0.4, -0.2) is 22.8 Å². The molecule has 0 fully saturated rings. The van der Waals surface area contributed by atoms with Crippen molar-refractivity contribution in [1.82, 2.24) is 9.88 Å². The first-order valence-electron chi connectivity index (χ1n) is 8.17. The molecule has 2 aromatic heterocycles. The minimum Gasteiger partial charge on any atom is -0.361 e. The molecule has 0 saturated heterocycles. The van der Waals surface area contributed by atoms with Crippen molar-refractivity contribution < 1.29 is 4.79 Å². The summed E-state index contributed by atoms with van der Waals surface area (Å²) < 4.78 is 0. The van der Waals surface area contributed by atoms with E-state index < -0.39 is 0 Å². The summed E-state index contributed by atoms with van der Waals surface area (Å²) in [6, 6.07) is 21.6. The summed E-state index contributed by atoms with van der Waals surface area (Å²) in [4.78, 5) is 19.3. The van der Waals surface area contributed by atoms with Gasteiger partial charge in [0.05, 0.1) is 6.04 Å². The lowest BCUT2D eigenvalue weighted by molar-refractivity contribution is 0.0758. The van der Waals surface area contributed by atoms with Gasteiger partial charge >= 0.3 is 0 Å². The van der Waals surface area contributed by atoms with Gasteiger partial charge in [0.2, 0.25) is 0 Å². The average molecular weight is 346 g/mol. The van der Waals surface area contributed by atoms with Gasteiger partial charge in [-0.1, -0.05) is 42.5 Å². The van der Waals surface area contributed by atoms with E-state index in [0.29, 0.717) is 5.56 Å². The van der Waals surface area contributed by atoms with E-state index in [2.05, 4.69) is 28.6 Å². The number of aromatic amines is 1. The molecule has 0 bridgehead atoms. The van der Waals surface area contributed by atoms with Crippen molar-refractivity contribution in [2.75, 3.05) is 7.05 Å². The number of hydrogen-bond acceptors (Lipinski definition) is 2. The number of para-hydroxylation sites is 1. The van der Waals surface area contributed by atoms with Gasteiger partial charge in [0.25, 0.3) is 5.91 Å². The van der Waals surface area contributed by atoms with Crippen LogP contribution in [0.4, 0.5) is 0 Å². The number of benzene rings is 2. The number of hydrogen-bond donors (Lipinski definition) is 1. The Morgan fingerprint density at radius 3 is 2.52 bits per heavy atom. The van der Waals surface area contributed by atoms with Crippen molar-refractivity contribution in [1.29, 1.82) is 0 Å². The minimum atomic E-state index is -0.121. The second kappa shape index (κ2) is 6.57. The van der Waals surface area contributed by atoms with Crippen LogP contribution in [0.5, 0.6) is 0 Å². The van der Waals surface area contributed by atoms with Crippen molar-refractivity contribution in [2.45, 2.75) is 6.04 Å². The molecule has 4 aromatic rings. The van der Waals surface area contributed by atoms with E-state index in [9.17, 15) is 4.79 Å². The molecular formula is C21H18N2OS. The standard InChI is InChI=1S/C21H18N2OS/c1-23(21(24)15-8-3-2-4-9-15)20(19-12-7-13-25-19)17-14-22-18-11-6-5-10-16(17)18/h2-14,20,22H,1H3. The van der Waals surface area contributed by atoms with Gasteiger partial charge in [-0.25, -0.2) is 0 Å². The van der Waals surface area contributed by atoms with Gasteiger partial charge in [0, 0.05) is 40.2 Å². The van der Waals surface area contributed by atoms with Crippen molar-refractivity contribution >= 4 is 28.1 Å². The van der Waals surface area contributed by atoms with E-state index in [0.717, 1.165) is 21.3 Å². The fourth-order valence-electron chi connectivity index (χ4n) is 3.22. The number of fused-ring (bicyclic) bond motifs is 1. The van der Waals surface area contributed by atoms with Crippen LogP contribution in [0.25, 0.3) is 10.9 Å². The normalized spacial score (nSPS) is 12.2. The summed E-state index contributed by atoms with van der Waals surface area (Å²) >= 11 is 1.67. The Morgan fingerprint density at radius 1 is 1.00 bits per heavy atom. The molecule has 0 aliphatic heterocycles. The number of carbonyl (C=O) groups excluding carboxylic acids is 1. The molecule has 0 radical (unpaired) electrons. The zero-order valence-corrected chi connectivity index (χ0v) is 14.7. The van der Waals surface area contributed by atoms with Crippen LogP contribution < -0.4 is 0 Å². The Balaban J connectivity index is 1.81. The smallest absolute Gasteiger partial charge is 0.254 e. The van der Waals surface area contributed by atoms with Gasteiger partial charge in [-0.05, 0) is 29.6 Å². The zero-order chi connectivity index (χ0) is 17.2. The minimum absolute atomic E-state index is 0.0179. The Labute approximate surface area is 150 Å². The highest BCUT2D eigenvalue weighted by Gasteiger charge is 2.27. The molecule has 2 aromatic carbocycles. The molecule has 1 N–H and O–H groups in total. The first kappa shape index (κ1) is 15.7. The third-order valence-corrected chi connectivity index (χ3v) is 5.38. The molecule has 4 heteroatoms. The number of carbonyl (C=O) groups is 1. The monoisotopic (exact) mass is 346 g/mol. The average Bonchev–Trinajstić information content (AvgIpc) is 3.33. The highest BCUT2D eigenvalue weighted by atomic mass is 32.1. The van der Waals surface area contributed by atoms with E-state index in [-0.39, 0.29) is 11.9 Å². The van der Waals surface area contributed by atoms with E-state index in [4.69, 9.17) is 0 Å². The van der Waals surface area contributed by atoms with Crippen LogP contribution in [0.15, 0.2) is 78.3 Å². The maximum Gasteiger partial charge on any atom is 0.254 e. The fraction of sp³-hybridized carbons (Fsp3) is 0.0952. The van der Waals surface area contributed by atoms with Gasteiger partial charge in [-0.3, -0.25) is 4.79 Å². The Hall–Kier alpha value is -2.85. The van der Waals surface area contributed by atoms with Gasteiger partial charge < -0.3 is 9.88 Å². The predicted octanol–water partition coefficient (Wildman–Crippen LogP) is 5.09. The summed E-state index contributed by atoms with van der Waals surface area (Å²) in [5.74, 6) is 0.0179. The van der Waals surface area contributed by atoms with Crippen LogP contribution in [0.1, 0.15) is 26.8 Å². The Bertz CT molecular complexity index is 989. The van der Waals surface area contributed by atoms with E-state index in [1.165, 1.54) is 0 Å². The summed E-state index contributed by atoms with van der Waals surface area (Å²) in [5.41, 5.74) is 2.90. The van der Waals surface area contributed by atoms with Crippen LogP contribution in [0.2, 0.25) is 0 Å². The molecule has 2 heterocycles. The summed E-state index contributed by atoms with van der Waals surface area (Å²) in [7, 11) is 1.88. The molecule has 1 unspecified atom stereocenters. The molecule has 124 valence electrons. The number of H-pyrrole nitrogens is 1. The van der Waals surface area contributed by atoms with Gasteiger partial charge in [0.1, 0.15) is 0 Å². The number of rotatable bonds is 4. The van der Waals surface area contributed by atoms with E-state index in [1.807, 2.05) is 66.7 Å². The SMILES string of the molecule is CN(C(=O)c1ccccc1)C(c1cccs1)c1c[nH]c2ccccc12. The predicted molar refractivity (Wildman–Crippen MR) is 103 cm³/mol. The van der Waals surface area contributed by atoms with Crippen molar-refractivity contribution in [3.05, 3.63) is 94.3 Å². The molecule has 4 rings (SSSR count). The maximum atomic E-state index is 13.0. The molecule has 0 aliphatic carbocycles. The second-order valence-electron chi connectivity index (χ2n) is 5.99. The van der Waals surface area contributed by atoms with Crippen LogP contribution >= 0.6 is 11.3 Å². The highest BCUT2D eigenvalue weighted by Crippen LogP contribution is 2.35. The number of thiophene rings is 1. The van der Waals surface area contributed by atoms with Crippen molar-refractivity contribution in [3.63, 3.8) is 0 Å². The summed E-state index contributed by atoms with van der Waals surface area (Å²) in [5, 5.41) is 3.20. The molecule has 0 aliphatic rings. The topological polar surface area (TPSA) is 36.1 Å². The third-order valence-electron chi connectivity index (χ3n) is 4.46. The van der Waals surface area contributed by atoms with Gasteiger partial charge in [-0.2, -0.15) is 0 Å². The summed E-state index contributed by atoms with van der Waals surface area (Å²) in [6.45, 7) is 0. The highest BCUT2D eigenvalue weighted by molar-refractivity contribution is 7.10. The van der Waals surface area contributed by atoms with Crippen LogP contribution in [-0.2, 0) is 0 Å². The Morgan fingerprint density at radius 2 is 1.76 bits per heavy atom. The molecule has 0 spiro atoms. The fourth-order valence-corrected chi connectivity index (χ4v) is 4.11. The lowest BCUT2D eigenvalue weighted by Gasteiger charge is -2.27. The number of aromatic nitrogens is 1. The zero-order valence-electron chi connectivity index (χ0n) is 13.8. The van der Waals surface area contributed by atoms with Crippen LogP contribution in [0, 0.1) is 0 Å². The van der Waals surface area contributed by atoms with E-state index in [1.54, 1.807) is 11.3 Å². The molecule has 0 saturated carbocycles. The van der Waals surface area contributed by atoms with Crippen molar-refractivity contribution in [2.24, 2.45) is 0 Å². The molecular weight excluding hydrogens is 328 g/mol. The first-order chi connectivity index (χ1) is 12.3. The van der Waals surface area contributed by atoms with E-state index >= 15 is 0 Å². The van der Waals surface area contributed by atoms with Crippen LogP contribution in [0.3, 0.4) is 0 Å². The quantitative estimate of drug-likeness (QED) is 0.549. The summed E-state index contributed by atoms with van der Waals surface area (Å²) in [6.07, 6.45) is 2.02. The first-order valence-corrected chi connectivity index (χ1v) is 9.05. The Kier molecular flexibility index (Phi) is 4.12. The van der Waals surface area contributed by atoms with Crippen molar-refractivity contribution in [3.8, 4) is 0 Å². The lowest BCUT2D eigenvalue weighted by atomic mass is 10.0. The molecule has 3 nitrogen and oxygen atoms in total.